The smallest absolute Gasteiger partial charge is 0.0852 e. The normalized spacial score (nSPS) is 27.9. The molecule has 0 saturated carbocycles. The van der Waals surface area contributed by atoms with Crippen LogP contribution in [-0.2, 0) is 0 Å². The van der Waals surface area contributed by atoms with Gasteiger partial charge in [-0.25, -0.2) is 0 Å². The lowest BCUT2D eigenvalue weighted by atomic mass is 10.1. The molecule has 2 unspecified atom stereocenters. The Balaban J connectivity index is 2.21. The maximum absolute atomic E-state index is 5.94. The minimum atomic E-state index is 0.183. The van der Waals surface area contributed by atoms with Crippen LogP contribution in [0.4, 0.5) is 0 Å². The van der Waals surface area contributed by atoms with E-state index in [9.17, 15) is 0 Å². The molecule has 0 radical (unpaired) electrons. The van der Waals surface area contributed by atoms with Crippen molar-refractivity contribution in [2.75, 3.05) is 0 Å². The van der Waals surface area contributed by atoms with Crippen molar-refractivity contribution in [1.29, 1.82) is 0 Å². The van der Waals surface area contributed by atoms with Gasteiger partial charge in [-0.05, 0) is 30.0 Å². The molecule has 0 saturated heterocycles. The van der Waals surface area contributed by atoms with Gasteiger partial charge in [0.25, 0.3) is 0 Å². The summed E-state index contributed by atoms with van der Waals surface area (Å²) in [6.07, 6.45) is 13.0. The number of thioether (sulfide) groups is 1. The Morgan fingerprint density at radius 3 is 3.06 bits per heavy atom. The van der Waals surface area contributed by atoms with Crippen molar-refractivity contribution in [2.45, 2.75) is 11.3 Å². The summed E-state index contributed by atoms with van der Waals surface area (Å²) in [6.45, 7) is 3.81. The van der Waals surface area contributed by atoms with E-state index >= 15 is 0 Å². The van der Waals surface area contributed by atoms with E-state index in [1.165, 1.54) is 11.1 Å². The fourth-order valence-corrected chi connectivity index (χ4v) is 3.27. The fourth-order valence-electron chi connectivity index (χ4n) is 1.70. The van der Waals surface area contributed by atoms with Gasteiger partial charge in [-0.2, -0.15) is 0 Å². The van der Waals surface area contributed by atoms with Crippen LogP contribution < -0.4 is 5.73 Å². The predicted molar refractivity (Wildman–Crippen MR) is 77.3 cm³/mol. The zero-order valence-electron chi connectivity index (χ0n) is 9.21. The number of allylic oxidation sites excluding steroid dienone is 5. The van der Waals surface area contributed by atoms with Crippen LogP contribution in [0.5, 0.6) is 0 Å². The number of nitrogens with zero attached hydrogens (tertiary/aromatic N) is 1. The number of nitrogens with two attached hydrogens (primary N) is 1. The average molecular weight is 265 g/mol. The molecule has 2 atom stereocenters. The molecule has 0 aromatic heterocycles. The SMILES string of the molecule is C=C/C(=C\C=C/N)C1=CC2N=CC(Cl)=CC2S1. The second kappa shape index (κ2) is 5.43. The number of dihydropyridines is 1. The first kappa shape index (κ1) is 12.3. The molecule has 4 heteroatoms. The minimum absolute atomic E-state index is 0.183. The van der Waals surface area contributed by atoms with Crippen molar-refractivity contribution < 1.29 is 0 Å². The lowest BCUT2D eigenvalue weighted by Crippen LogP contribution is -2.16. The van der Waals surface area contributed by atoms with Gasteiger partial charge < -0.3 is 5.73 Å². The van der Waals surface area contributed by atoms with Gasteiger partial charge in [0, 0.05) is 11.1 Å². The van der Waals surface area contributed by atoms with Crippen molar-refractivity contribution >= 4 is 29.6 Å². The molecule has 0 amide bonds. The molecule has 0 aliphatic carbocycles. The first-order chi connectivity index (χ1) is 8.24. The number of rotatable bonds is 3. The summed E-state index contributed by atoms with van der Waals surface area (Å²) in [5, 5.41) is 1.01. The molecule has 2 heterocycles. The second-order valence-electron chi connectivity index (χ2n) is 3.64. The number of hydrogen-bond acceptors (Lipinski definition) is 3. The number of halogens is 1. The molecule has 88 valence electrons. The quantitative estimate of drug-likeness (QED) is 0.796. The van der Waals surface area contributed by atoms with Crippen LogP contribution >= 0.6 is 23.4 Å². The van der Waals surface area contributed by atoms with Gasteiger partial charge in [0.2, 0.25) is 0 Å². The fraction of sp³-hybridized carbons (Fsp3) is 0.154. The van der Waals surface area contributed by atoms with E-state index in [1.54, 1.807) is 24.1 Å². The average Bonchev–Trinajstić information content (AvgIpc) is 2.72. The zero-order chi connectivity index (χ0) is 12.3. The maximum Gasteiger partial charge on any atom is 0.0852 e. The van der Waals surface area contributed by atoms with Gasteiger partial charge in [0.05, 0.1) is 16.3 Å². The molecule has 2 nitrogen and oxygen atoms in total. The van der Waals surface area contributed by atoms with Crippen molar-refractivity contribution in [3.8, 4) is 0 Å². The third-order valence-corrected chi connectivity index (χ3v) is 4.04. The maximum atomic E-state index is 5.94. The molecule has 0 aromatic carbocycles. The molecule has 2 aliphatic heterocycles. The van der Waals surface area contributed by atoms with E-state index in [4.69, 9.17) is 17.3 Å². The number of hydrogen-bond donors (Lipinski definition) is 1. The monoisotopic (exact) mass is 264 g/mol. The summed E-state index contributed by atoms with van der Waals surface area (Å²) in [5.74, 6) is 0. The van der Waals surface area contributed by atoms with E-state index < -0.39 is 0 Å². The van der Waals surface area contributed by atoms with Crippen molar-refractivity contribution in [1.82, 2.24) is 0 Å². The van der Waals surface area contributed by atoms with Gasteiger partial charge in [0.15, 0.2) is 0 Å². The van der Waals surface area contributed by atoms with Gasteiger partial charge in [-0.3, -0.25) is 4.99 Å². The van der Waals surface area contributed by atoms with E-state index in [0.29, 0.717) is 10.3 Å². The summed E-state index contributed by atoms with van der Waals surface area (Å²) < 4.78 is 0. The van der Waals surface area contributed by atoms with Crippen molar-refractivity contribution in [3.05, 3.63) is 58.7 Å². The molecule has 2 N–H and O–H groups in total. The summed E-state index contributed by atoms with van der Waals surface area (Å²) in [4.78, 5) is 5.57. The Hall–Kier alpha value is -1.19. The lowest BCUT2D eigenvalue weighted by Gasteiger charge is -2.14. The molecule has 2 aliphatic rings. The van der Waals surface area contributed by atoms with E-state index in [-0.39, 0.29) is 6.04 Å². The Labute approximate surface area is 110 Å². The molecule has 2 rings (SSSR count). The summed E-state index contributed by atoms with van der Waals surface area (Å²) in [5.41, 5.74) is 6.39. The molecule has 0 aromatic rings. The summed E-state index contributed by atoms with van der Waals surface area (Å²) in [6, 6.07) is 0.183. The first-order valence-electron chi connectivity index (χ1n) is 5.25. The van der Waals surface area contributed by atoms with Crippen LogP contribution in [0.1, 0.15) is 0 Å². The molecular weight excluding hydrogens is 252 g/mol. The first-order valence-corrected chi connectivity index (χ1v) is 6.50. The van der Waals surface area contributed by atoms with Crippen molar-refractivity contribution in [3.63, 3.8) is 0 Å². The molecule has 17 heavy (non-hydrogen) atoms. The van der Waals surface area contributed by atoms with Crippen LogP contribution in [0.15, 0.2) is 63.7 Å². The molecule has 0 fully saturated rings. The van der Waals surface area contributed by atoms with Crippen molar-refractivity contribution in [2.24, 2.45) is 10.7 Å². The Kier molecular flexibility index (Phi) is 3.92. The molecule has 0 bridgehead atoms. The number of fused-ring (bicyclic) bond motifs is 1. The third kappa shape index (κ3) is 2.73. The van der Waals surface area contributed by atoms with Crippen LogP contribution in [0, 0.1) is 0 Å². The Morgan fingerprint density at radius 1 is 1.53 bits per heavy atom. The molecule has 0 spiro atoms. The number of aliphatic imine (C=N–C) groups is 1. The Bertz CT molecular complexity index is 472. The molecular formula is C13H13ClN2S. The largest absolute Gasteiger partial charge is 0.405 e. The van der Waals surface area contributed by atoms with Gasteiger partial charge in [0.1, 0.15) is 0 Å². The van der Waals surface area contributed by atoms with Crippen LogP contribution in [-0.4, -0.2) is 17.5 Å². The topological polar surface area (TPSA) is 38.4 Å². The Morgan fingerprint density at radius 2 is 2.35 bits per heavy atom. The predicted octanol–water partition coefficient (Wildman–Crippen LogP) is 3.15. The summed E-state index contributed by atoms with van der Waals surface area (Å²) in [7, 11) is 0. The van der Waals surface area contributed by atoms with Crippen LogP contribution in [0.2, 0.25) is 0 Å². The third-order valence-electron chi connectivity index (χ3n) is 2.51. The standard InChI is InChI=1S/C13H13ClN2S/c1-2-9(4-3-5-15)12-7-11-13(17-12)6-10(14)8-16-11/h2-8,11,13H,1,15H2/b5-3-,9-4+. The second-order valence-corrected chi connectivity index (χ2v) is 5.30. The summed E-state index contributed by atoms with van der Waals surface area (Å²) >= 11 is 7.69. The van der Waals surface area contributed by atoms with E-state index in [1.807, 2.05) is 18.2 Å². The highest BCUT2D eigenvalue weighted by Crippen LogP contribution is 2.41. The van der Waals surface area contributed by atoms with Crippen LogP contribution in [0.25, 0.3) is 0 Å². The zero-order valence-corrected chi connectivity index (χ0v) is 10.8. The van der Waals surface area contributed by atoms with E-state index in [2.05, 4.69) is 17.6 Å². The highest BCUT2D eigenvalue weighted by Gasteiger charge is 2.29. The van der Waals surface area contributed by atoms with Gasteiger partial charge in [-0.15, -0.1) is 11.8 Å². The van der Waals surface area contributed by atoms with Gasteiger partial charge in [-0.1, -0.05) is 30.3 Å². The highest BCUT2D eigenvalue weighted by molar-refractivity contribution is 8.04. The lowest BCUT2D eigenvalue weighted by molar-refractivity contribution is 0.859. The highest BCUT2D eigenvalue weighted by atomic mass is 35.5. The van der Waals surface area contributed by atoms with Crippen LogP contribution in [0.3, 0.4) is 0 Å². The van der Waals surface area contributed by atoms with Gasteiger partial charge >= 0.3 is 0 Å². The minimum Gasteiger partial charge on any atom is -0.405 e. The van der Waals surface area contributed by atoms with E-state index in [0.717, 1.165) is 5.57 Å².